The van der Waals surface area contributed by atoms with Gasteiger partial charge in [0.1, 0.15) is 5.75 Å². The molecule has 1 aliphatic rings. The fourth-order valence-electron chi connectivity index (χ4n) is 2.04. The van der Waals surface area contributed by atoms with E-state index in [0.717, 1.165) is 12.5 Å². The molecule has 0 fully saturated rings. The zero-order valence-corrected chi connectivity index (χ0v) is 15.6. The molecule has 0 aliphatic carbocycles. The predicted octanol–water partition coefficient (Wildman–Crippen LogP) is -0.422. The second-order valence-corrected chi connectivity index (χ2v) is 9.02. The molecule has 0 bridgehead atoms. The molecule has 0 saturated carbocycles. The highest BCUT2D eigenvalue weighted by Crippen LogP contribution is 2.28. The fourth-order valence-corrected chi connectivity index (χ4v) is 2.91. The molecule has 0 spiro atoms. The molecule has 142 valence electrons. The maximum absolute atomic E-state index is 12.3. The monoisotopic (exact) mass is 403 g/mol. The van der Waals surface area contributed by atoms with Crippen molar-refractivity contribution in [3.05, 3.63) is 29.3 Å². The van der Waals surface area contributed by atoms with Gasteiger partial charge in [-0.05, 0) is 29.4 Å². The first-order chi connectivity index (χ1) is 12.0. The van der Waals surface area contributed by atoms with E-state index in [-0.39, 0.29) is 23.5 Å². The van der Waals surface area contributed by atoms with Crippen LogP contribution in [0.25, 0.3) is 6.08 Å². The standard InChI is InChI=1S/C14H17N3O7S2/c1-25(19,20)11-3-4-12-10(8-11)7-9(5-6-23-12)13(18)16-14(15)17-24-26(2,21)22/h3-4,7-8H,5-6H2,1-2H3,(H3,15,16,17,18). The molecular weight excluding hydrogens is 386 g/mol. The summed E-state index contributed by atoms with van der Waals surface area (Å²) in [6.07, 6.45) is 3.53. The Bertz CT molecular complexity index is 995. The maximum atomic E-state index is 12.3. The van der Waals surface area contributed by atoms with Crippen LogP contribution in [0.15, 0.2) is 33.8 Å². The Labute approximate surface area is 150 Å². The average molecular weight is 403 g/mol. The van der Waals surface area contributed by atoms with E-state index in [4.69, 9.17) is 10.5 Å². The van der Waals surface area contributed by atoms with E-state index < -0.39 is 31.8 Å². The zero-order valence-electron chi connectivity index (χ0n) is 13.9. The van der Waals surface area contributed by atoms with E-state index in [9.17, 15) is 21.6 Å². The van der Waals surface area contributed by atoms with Crippen molar-refractivity contribution in [2.24, 2.45) is 10.9 Å². The van der Waals surface area contributed by atoms with Gasteiger partial charge in [-0.25, -0.2) is 8.42 Å². The minimum absolute atomic E-state index is 0.0837. The third-order valence-corrected chi connectivity index (χ3v) is 4.63. The molecule has 10 nitrogen and oxygen atoms in total. The molecule has 0 atom stereocenters. The molecule has 0 unspecified atom stereocenters. The molecule has 1 heterocycles. The van der Waals surface area contributed by atoms with Gasteiger partial charge >= 0.3 is 10.1 Å². The summed E-state index contributed by atoms with van der Waals surface area (Å²) in [5.74, 6) is -0.761. The van der Waals surface area contributed by atoms with Crippen molar-refractivity contribution in [3.63, 3.8) is 0 Å². The third kappa shape index (κ3) is 5.46. The first-order valence-corrected chi connectivity index (χ1v) is 10.9. The molecule has 1 aromatic rings. The highest BCUT2D eigenvalue weighted by Gasteiger charge is 2.18. The number of amides is 1. The highest BCUT2D eigenvalue weighted by atomic mass is 32.2. The van der Waals surface area contributed by atoms with E-state index in [1.807, 2.05) is 0 Å². The smallest absolute Gasteiger partial charge is 0.325 e. The van der Waals surface area contributed by atoms with Crippen LogP contribution in [-0.4, -0.2) is 47.8 Å². The number of nitrogens with zero attached hydrogens (tertiary/aromatic N) is 1. The molecule has 3 N–H and O–H groups in total. The number of benzene rings is 1. The summed E-state index contributed by atoms with van der Waals surface area (Å²) in [5.41, 5.74) is 6.05. The van der Waals surface area contributed by atoms with Crippen molar-refractivity contribution in [3.8, 4) is 5.75 Å². The van der Waals surface area contributed by atoms with E-state index in [1.165, 1.54) is 24.3 Å². The van der Waals surface area contributed by atoms with Crippen molar-refractivity contribution < 1.29 is 30.7 Å². The van der Waals surface area contributed by atoms with Crippen LogP contribution in [0.3, 0.4) is 0 Å². The summed E-state index contributed by atoms with van der Waals surface area (Å²) in [5, 5.41) is 5.26. The molecule has 1 aliphatic heterocycles. The number of oxime groups is 1. The number of nitrogens with two attached hydrogens (primary N) is 1. The Morgan fingerprint density at radius 3 is 2.58 bits per heavy atom. The Hall–Kier alpha value is -2.60. The van der Waals surface area contributed by atoms with E-state index in [0.29, 0.717) is 11.3 Å². The summed E-state index contributed by atoms with van der Waals surface area (Å²) in [6, 6.07) is 4.33. The number of fused-ring (bicyclic) bond motifs is 1. The summed E-state index contributed by atoms with van der Waals surface area (Å²) < 4.78 is 54.7. The molecular formula is C14H17N3O7S2. The predicted molar refractivity (Wildman–Crippen MR) is 93.3 cm³/mol. The van der Waals surface area contributed by atoms with Gasteiger partial charge < -0.3 is 10.5 Å². The highest BCUT2D eigenvalue weighted by molar-refractivity contribution is 7.90. The Morgan fingerprint density at radius 1 is 1.27 bits per heavy atom. The van der Waals surface area contributed by atoms with Gasteiger partial charge in [0.25, 0.3) is 5.91 Å². The van der Waals surface area contributed by atoms with Crippen LogP contribution in [0, 0.1) is 0 Å². The Balaban J connectivity index is 2.27. The zero-order chi connectivity index (χ0) is 19.5. The normalized spacial score (nSPS) is 15.2. The number of nitrogens with one attached hydrogen (secondary N) is 1. The van der Waals surface area contributed by atoms with Crippen molar-refractivity contribution in [2.45, 2.75) is 11.3 Å². The third-order valence-electron chi connectivity index (χ3n) is 3.17. The van der Waals surface area contributed by atoms with Gasteiger partial charge in [-0.1, -0.05) is 0 Å². The number of carbonyl (C=O) groups excluding carboxylic acids is 1. The first-order valence-electron chi connectivity index (χ1n) is 7.16. The molecule has 1 amide bonds. The van der Waals surface area contributed by atoms with Crippen LogP contribution in [0.5, 0.6) is 5.75 Å². The van der Waals surface area contributed by atoms with Crippen LogP contribution in [0.4, 0.5) is 0 Å². The lowest BCUT2D eigenvalue weighted by atomic mass is 10.1. The summed E-state index contributed by atoms with van der Waals surface area (Å²) in [6.45, 7) is 0.182. The first kappa shape index (κ1) is 19.7. The van der Waals surface area contributed by atoms with Gasteiger partial charge in [0.2, 0.25) is 5.96 Å². The van der Waals surface area contributed by atoms with Gasteiger partial charge in [-0.15, -0.1) is 0 Å². The van der Waals surface area contributed by atoms with Crippen LogP contribution in [0.1, 0.15) is 12.0 Å². The maximum Gasteiger partial charge on any atom is 0.325 e. The van der Waals surface area contributed by atoms with Gasteiger partial charge in [0.05, 0.1) is 17.8 Å². The molecule has 0 aromatic heterocycles. The second-order valence-electron chi connectivity index (χ2n) is 5.45. The number of ether oxygens (including phenoxy) is 1. The van der Waals surface area contributed by atoms with E-state index >= 15 is 0 Å². The van der Waals surface area contributed by atoms with Gasteiger partial charge in [0.15, 0.2) is 9.84 Å². The number of rotatable bonds is 4. The Morgan fingerprint density at radius 2 is 1.96 bits per heavy atom. The van der Waals surface area contributed by atoms with Gasteiger partial charge in [-0.3, -0.25) is 14.4 Å². The molecule has 0 radical (unpaired) electrons. The van der Waals surface area contributed by atoms with Crippen molar-refractivity contribution in [1.29, 1.82) is 0 Å². The van der Waals surface area contributed by atoms with Crippen LogP contribution in [0.2, 0.25) is 0 Å². The minimum Gasteiger partial charge on any atom is -0.493 e. The largest absolute Gasteiger partial charge is 0.493 e. The number of carbonyl (C=O) groups is 1. The number of hydrogen-bond acceptors (Lipinski definition) is 8. The Kier molecular flexibility index (Phi) is 5.56. The lowest BCUT2D eigenvalue weighted by Gasteiger charge is -2.07. The van der Waals surface area contributed by atoms with Crippen LogP contribution >= 0.6 is 0 Å². The molecule has 26 heavy (non-hydrogen) atoms. The summed E-state index contributed by atoms with van der Waals surface area (Å²) >= 11 is 0. The average Bonchev–Trinajstić information content (AvgIpc) is 2.73. The molecule has 12 heteroatoms. The van der Waals surface area contributed by atoms with Crippen molar-refractivity contribution in [1.82, 2.24) is 5.32 Å². The van der Waals surface area contributed by atoms with Crippen LogP contribution in [-0.2, 0) is 29.0 Å². The fraction of sp³-hybridized carbons (Fsp3) is 0.286. The van der Waals surface area contributed by atoms with Gasteiger partial charge in [0, 0.05) is 23.8 Å². The van der Waals surface area contributed by atoms with Gasteiger partial charge in [-0.2, -0.15) is 8.42 Å². The van der Waals surface area contributed by atoms with Crippen molar-refractivity contribution in [2.75, 3.05) is 19.1 Å². The minimum atomic E-state index is -3.85. The second kappa shape index (κ2) is 7.33. The quantitative estimate of drug-likeness (QED) is 0.390. The lowest BCUT2D eigenvalue weighted by molar-refractivity contribution is -0.116. The number of sulfone groups is 1. The van der Waals surface area contributed by atoms with Crippen molar-refractivity contribution >= 4 is 37.9 Å². The molecule has 2 rings (SSSR count). The number of guanidine groups is 1. The van der Waals surface area contributed by atoms with E-state index in [2.05, 4.69) is 14.8 Å². The van der Waals surface area contributed by atoms with Crippen LogP contribution < -0.4 is 15.8 Å². The topological polar surface area (TPSA) is 154 Å². The summed E-state index contributed by atoms with van der Waals surface area (Å²) in [4.78, 5) is 12.3. The lowest BCUT2D eigenvalue weighted by Crippen LogP contribution is -2.38. The molecule has 0 saturated heterocycles. The summed E-state index contributed by atoms with van der Waals surface area (Å²) in [7, 11) is -7.28. The number of hydrogen-bond donors (Lipinski definition) is 2. The SMILES string of the molecule is CS(=O)(=O)ON=C(N)NC(=O)C1=Cc2cc(S(C)(=O)=O)ccc2OCC1. The molecule has 1 aromatic carbocycles. The van der Waals surface area contributed by atoms with E-state index in [1.54, 1.807) is 0 Å².